The molecule has 3 rings (SSSR count). The van der Waals surface area contributed by atoms with Crippen LogP contribution in [0.3, 0.4) is 0 Å². The average Bonchev–Trinajstić information content (AvgIpc) is 3.28. The van der Waals surface area contributed by atoms with Crippen molar-refractivity contribution in [1.29, 1.82) is 0 Å². The number of hydrogen-bond donors (Lipinski definition) is 2. The second kappa shape index (κ2) is 9.03. The summed E-state index contributed by atoms with van der Waals surface area (Å²) < 4.78 is 10.2. The van der Waals surface area contributed by atoms with E-state index in [9.17, 15) is 24.3 Å². The molecule has 1 saturated heterocycles. The molecular weight excluding hydrogens is 436 g/mol. The largest absolute Gasteiger partial charge is 0.427 e. The van der Waals surface area contributed by atoms with Gasteiger partial charge >= 0.3 is 11.9 Å². The Morgan fingerprint density at radius 2 is 2.00 bits per heavy atom. The van der Waals surface area contributed by atoms with E-state index in [4.69, 9.17) is 9.47 Å². The van der Waals surface area contributed by atoms with Crippen molar-refractivity contribution in [1.82, 2.24) is 10.2 Å². The van der Waals surface area contributed by atoms with Gasteiger partial charge in [0.15, 0.2) is 0 Å². The summed E-state index contributed by atoms with van der Waals surface area (Å²) in [4.78, 5) is 51.4. The minimum absolute atomic E-state index is 0.0907. The number of fused-ring (bicyclic) bond motifs is 1. The van der Waals surface area contributed by atoms with Gasteiger partial charge in [-0.15, -0.1) is 11.3 Å². The van der Waals surface area contributed by atoms with Crippen LogP contribution in [0.5, 0.6) is 0 Å². The SMILES string of the molecule is CNC(=O)Cc1cc(C2=C(C(=O)OCOC(=O)C(C)(C)C)N3C(=O)[C@H]([C@@H](C)O)[C@H]3C2)cs1. The van der Waals surface area contributed by atoms with E-state index < -0.39 is 36.2 Å². The molecule has 2 amide bonds. The predicted octanol–water partition coefficient (Wildman–Crippen LogP) is 1.45. The first-order chi connectivity index (χ1) is 15.0. The van der Waals surface area contributed by atoms with Gasteiger partial charge in [0.05, 0.1) is 29.9 Å². The molecule has 1 aromatic rings. The Hall–Kier alpha value is -2.72. The van der Waals surface area contributed by atoms with Gasteiger partial charge in [-0.05, 0) is 56.7 Å². The van der Waals surface area contributed by atoms with Crippen LogP contribution in [0.2, 0.25) is 0 Å². The van der Waals surface area contributed by atoms with Crippen LogP contribution < -0.4 is 5.32 Å². The third-order valence-corrected chi connectivity index (χ3v) is 6.47. The summed E-state index contributed by atoms with van der Waals surface area (Å²) in [5.74, 6) is -2.37. The number of carbonyl (C=O) groups excluding carboxylic acids is 4. The van der Waals surface area contributed by atoms with Gasteiger partial charge in [0.25, 0.3) is 0 Å². The number of rotatable bonds is 7. The molecule has 10 heteroatoms. The number of aliphatic hydroxyl groups excluding tert-OH is 1. The standard InChI is InChI=1S/C22H28N2O7S/c1-11(25)17-15-8-14(12-6-13(32-9-12)7-16(26)23-5)18(24(15)19(17)27)20(28)30-10-31-21(29)22(2,3)4/h6,9,11,15,17,25H,7-8,10H2,1-5H3,(H,23,26)/t11-,15-,17-/m1/s1. The first-order valence-electron chi connectivity index (χ1n) is 10.3. The van der Waals surface area contributed by atoms with Crippen LogP contribution in [0.25, 0.3) is 5.57 Å². The highest BCUT2D eigenvalue weighted by atomic mass is 32.1. The molecule has 0 aromatic carbocycles. The maximum Gasteiger partial charge on any atom is 0.358 e. The average molecular weight is 465 g/mol. The Bertz CT molecular complexity index is 973. The van der Waals surface area contributed by atoms with Gasteiger partial charge in [0.1, 0.15) is 5.70 Å². The second-order valence-corrected chi connectivity index (χ2v) is 9.95. The quantitative estimate of drug-likeness (QED) is 0.356. The van der Waals surface area contributed by atoms with Crippen LogP contribution in [0.4, 0.5) is 0 Å². The fourth-order valence-corrected chi connectivity index (χ4v) is 4.71. The van der Waals surface area contributed by atoms with E-state index in [2.05, 4.69) is 5.32 Å². The maximum absolute atomic E-state index is 12.9. The summed E-state index contributed by atoms with van der Waals surface area (Å²) in [7, 11) is 1.56. The van der Waals surface area contributed by atoms with Crippen LogP contribution in [-0.2, 0) is 35.1 Å². The summed E-state index contributed by atoms with van der Waals surface area (Å²) in [5.41, 5.74) is 0.676. The molecule has 0 bridgehead atoms. The van der Waals surface area contributed by atoms with Gasteiger partial charge < -0.3 is 24.8 Å². The molecule has 1 aromatic heterocycles. The van der Waals surface area contributed by atoms with Gasteiger partial charge in [-0.3, -0.25) is 14.4 Å². The molecule has 2 N–H and O–H groups in total. The smallest absolute Gasteiger partial charge is 0.358 e. The third-order valence-electron chi connectivity index (χ3n) is 5.53. The van der Waals surface area contributed by atoms with E-state index in [1.54, 1.807) is 34.7 Å². The van der Waals surface area contributed by atoms with Crippen LogP contribution in [-0.4, -0.2) is 59.7 Å². The molecule has 0 radical (unpaired) electrons. The van der Waals surface area contributed by atoms with Crippen LogP contribution in [0.15, 0.2) is 17.1 Å². The first kappa shape index (κ1) is 23.9. The van der Waals surface area contributed by atoms with Gasteiger partial charge in [-0.2, -0.15) is 0 Å². The normalized spacial score (nSPS) is 21.1. The monoisotopic (exact) mass is 464 g/mol. The Balaban J connectivity index is 1.84. The number of carbonyl (C=O) groups is 4. The fraction of sp³-hybridized carbons (Fsp3) is 0.545. The maximum atomic E-state index is 12.9. The van der Waals surface area contributed by atoms with E-state index in [-0.39, 0.29) is 30.0 Å². The van der Waals surface area contributed by atoms with E-state index in [1.807, 2.05) is 11.4 Å². The highest BCUT2D eigenvalue weighted by Crippen LogP contribution is 2.47. The summed E-state index contributed by atoms with van der Waals surface area (Å²) in [6.07, 6.45) is -0.261. The summed E-state index contributed by atoms with van der Waals surface area (Å²) >= 11 is 1.38. The second-order valence-electron chi connectivity index (χ2n) is 8.96. The van der Waals surface area contributed by atoms with Crippen molar-refractivity contribution in [3.05, 3.63) is 27.6 Å². The number of nitrogens with one attached hydrogen (secondary N) is 1. The Labute approximate surface area is 190 Å². The number of ether oxygens (including phenoxy) is 2. The molecule has 9 nitrogen and oxygen atoms in total. The molecule has 0 saturated carbocycles. The van der Waals surface area contributed by atoms with Crippen molar-refractivity contribution in [3.63, 3.8) is 0 Å². The Morgan fingerprint density at radius 1 is 1.31 bits per heavy atom. The highest BCUT2D eigenvalue weighted by Gasteiger charge is 2.57. The fourth-order valence-electron chi connectivity index (χ4n) is 3.82. The van der Waals surface area contributed by atoms with Gasteiger partial charge in [0.2, 0.25) is 18.6 Å². The number of β-lactam (4-membered cyclic amide) rings is 1. The van der Waals surface area contributed by atoms with Crippen molar-refractivity contribution < 1.29 is 33.8 Å². The lowest BCUT2D eigenvalue weighted by Crippen LogP contribution is -2.61. The summed E-state index contributed by atoms with van der Waals surface area (Å²) in [6.45, 7) is 6.03. The van der Waals surface area contributed by atoms with Gasteiger partial charge in [0, 0.05) is 11.9 Å². The van der Waals surface area contributed by atoms with Gasteiger partial charge in [-0.25, -0.2) is 4.79 Å². The van der Waals surface area contributed by atoms with Crippen LogP contribution >= 0.6 is 11.3 Å². The van der Waals surface area contributed by atoms with Crippen molar-refractivity contribution in [3.8, 4) is 0 Å². The van der Waals surface area contributed by atoms with E-state index >= 15 is 0 Å². The van der Waals surface area contributed by atoms with Crippen molar-refractivity contribution >= 4 is 40.7 Å². The molecule has 1 fully saturated rings. The first-order valence-corrected chi connectivity index (χ1v) is 11.2. The zero-order valence-electron chi connectivity index (χ0n) is 18.8. The molecule has 32 heavy (non-hydrogen) atoms. The lowest BCUT2D eigenvalue weighted by molar-refractivity contribution is -0.175. The number of aliphatic hydroxyl groups is 1. The molecule has 0 aliphatic carbocycles. The predicted molar refractivity (Wildman–Crippen MR) is 116 cm³/mol. The summed E-state index contributed by atoms with van der Waals surface area (Å²) in [5, 5.41) is 14.4. The third kappa shape index (κ3) is 4.56. The number of esters is 2. The van der Waals surface area contributed by atoms with Crippen LogP contribution in [0.1, 0.15) is 44.6 Å². The topological polar surface area (TPSA) is 122 Å². The minimum atomic E-state index is -0.848. The van der Waals surface area contributed by atoms with Crippen LogP contribution in [0, 0.1) is 11.3 Å². The van der Waals surface area contributed by atoms with E-state index in [0.29, 0.717) is 12.0 Å². The van der Waals surface area contributed by atoms with Crippen molar-refractivity contribution in [2.75, 3.05) is 13.8 Å². The number of thiophene rings is 1. The zero-order chi connectivity index (χ0) is 23.8. The molecule has 3 atom stereocenters. The number of likely N-dealkylation sites (N-methyl/N-ethyl adjacent to an activating group) is 1. The Kier molecular flexibility index (Phi) is 6.75. The number of amides is 2. The lowest BCUT2D eigenvalue weighted by Gasteiger charge is -2.44. The zero-order valence-corrected chi connectivity index (χ0v) is 19.6. The highest BCUT2D eigenvalue weighted by molar-refractivity contribution is 7.10. The van der Waals surface area contributed by atoms with E-state index in [0.717, 1.165) is 10.4 Å². The molecule has 0 unspecified atom stereocenters. The van der Waals surface area contributed by atoms with Crippen molar-refractivity contribution in [2.24, 2.45) is 11.3 Å². The molecule has 2 aliphatic heterocycles. The minimum Gasteiger partial charge on any atom is -0.427 e. The van der Waals surface area contributed by atoms with E-state index in [1.165, 1.54) is 16.2 Å². The Morgan fingerprint density at radius 3 is 2.59 bits per heavy atom. The summed E-state index contributed by atoms with van der Waals surface area (Å²) in [6, 6.07) is 1.47. The molecule has 3 heterocycles. The molecule has 174 valence electrons. The molecular formula is C22H28N2O7S. The lowest BCUT2D eigenvalue weighted by atomic mass is 9.82. The number of hydrogen-bond acceptors (Lipinski definition) is 8. The molecule has 2 aliphatic rings. The van der Waals surface area contributed by atoms with Crippen molar-refractivity contribution in [2.45, 2.75) is 52.7 Å². The van der Waals surface area contributed by atoms with Gasteiger partial charge in [-0.1, -0.05) is 0 Å². The number of nitrogens with zero attached hydrogens (tertiary/aromatic N) is 1. The molecule has 0 spiro atoms.